The highest BCUT2D eigenvalue weighted by molar-refractivity contribution is 5.78. The lowest BCUT2D eigenvalue weighted by atomic mass is 9.96. The van der Waals surface area contributed by atoms with Crippen molar-refractivity contribution in [2.24, 2.45) is 0 Å². The van der Waals surface area contributed by atoms with Gasteiger partial charge in [0, 0.05) is 18.2 Å². The number of carbonyl (C=O) groups is 1. The van der Waals surface area contributed by atoms with Gasteiger partial charge in [-0.25, -0.2) is 0 Å². The maximum Gasteiger partial charge on any atom is 0.326 e. The van der Waals surface area contributed by atoms with Gasteiger partial charge in [0.2, 0.25) is 0 Å². The highest BCUT2D eigenvalue weighted by Gasteiger charge is 2.32. The van der Waals surface area contributed by atoms with Crippen molar-refractivity contribution in [3.05, 3.63) is 106 Å². The lowest BCUT2D eigenvalue weighted by Gasteiger charge is -2.25. The summed E-state index contributed by atoms with van der Waals surface area (Å²) in [6, 6.07) is 25.0. The minimum Gasteiger partial charge on any atom is -0.488 e. The third-order valence-corrected chi connectivity index (χ3v) is 7.95. The number of aliphatic hydroxyl groups excluding tert-OH is 1. The molecule has 0 amide bonds. The van der Waals surface area contributed by atoms with Gasteiger partial charge >= 0.3 is 5.97 Å². The molecule has 0 saturated heterocycles. The highest BCUT2D eigenvalue weighted by Crippen LogP contribution is 2.37. The van der Waals surface area contributed by atoms with Crippen molar-refractivity contribution in [1.29, 1.82) is 5.26 Å². The fourth-order valence-corrected chi connectivity index (χ4v) is 5.06. The van der Waals surface area contributed by atoms with Crippen LogP contribution >= 0.6 is 0 Å². The Balaban J connectivity index is 1.39. The molecule has 0 spiro atoms. The van der Waals surface area contributed by atoms with Crippen molar-refractivity contribution in [3.63, 3.8) is 0 Å². The fourth-order valence-electron chi connectivity index (χ4n) is 5.06. The first-order chi connectivity index (χ1) is 21.7. The van der Waals surface area contributed by atoms with E-state index in [9.17, 15) is 20.3 Å². The van der Waals surface area contributed by atoms with E-state index in [-0.39, 0.29) is 13.2 Å². The number of carboxylic acids is 1. The van der Waals surface area contributed by atoms with Crippen molar-refractivity contribution in [1.82, 2.24) is 5.32 Å². The number of carboxylic acid groups (broad SMARTS) is 1. The molecule has 1 aliphatic rings. The van der Waals surface area contributed by atoms with Crippen LogP contribution in [0.4, 0.5) is 0 Å². The topological polar surface area (TPSA) is 130 Å². The molecule has 3 N–H and O–H groups in total. The normalized spacial score (nSPS) is 13.4. The van der Waals surface area contributed by atoms with E-state index in [0.29, 0.717) is 42.4 Å². The van der Waals surface area contributed by atoms with Gasteiger partial charge in [-0.15, -0.1) is 0 Å². The molecule has 9 nitrogen and oxygen atoms in total. The van der Waals surface area contributed by atoms with Crippen LogP contribution in [-0.2, 0) is 24.6 Å². The van der Waals surface area contributed by atoms with E-state index < -0.39 is 18.1 Å². The molecule has 0 fully saturated rings. The van der Waals surface area contributed by atoms with E-state index >= 15 is 0 Å². The summed E-state index contributed by atoms with van der Waals surface area (Å²) >= 11 is 0. The first-order valence-corrected chi connectivity index (χ1v) is 14.7. The second kappa shape index (κ2) is 13.7. The molecule has 1 atom stereocenters. The quantitative estimate of drug-likeness (QED) is 0.186. The summed E-state index contributed by atoms with van der Waals surface area (Å²) in [5.74, 6) is 1.44. The van der Waals surface area contributed by atoms with Crippen molar-refractivity contribution in [2.45, 2.75) is 46.1 Å². The van der Waals surface area contributed by atoms with Crippen molar-refractivity contribution < 1.29 is 34.0 Å². The van der Waals surface area contributed by atoms with Crippen LogP contribution in [0.1, 0.15) is 40.3 Å². The van der Waals surface area contributed by atoms with Crippen molar-refractivity contribution in [2.75, 3.05) is 19.8 Å². The Morgan fingerprint density at radius 1 is 0.933 bits per heavy atom. The first kappa shape index (κ1) is 31.4. The molecule has 0 unspecified atom stereocenters. The van der Waals surface area contributed by atoms with Crippen LogP contribution in [0.5, 0.6) is 23.0 Å². The zero-order valence-corrected chi connectivity index (χ0v) is 25.6. The second-order valence-electron chi connectivity index (χ2n) is 11.2. The average molecular weight is 609 g/mol. The van der Waals surface area contributed by atoms with Crippen molar-refractivity contribution >= 4 is 5.97 Å². The van der Waals surface area contributed by atoms with E-state index in [0.717, 1.165) is 44.9 Å². The molecule has 9 heteroatoms. The molecule has 0 saturated carbocycles. The summed E-state index contributed by atoms with van der Waals surface area (Å²) in [6.45, 7) is 6.53. The van der Waals surface area contributed by atoms with E-state index in [1.807, 2.05) is 49.4 Å². The number of aliphatic carboxylic acids is 1. The summed E-state index contributed by atoms with van der Waals surface area (Å²) in [6.07, 6.45) is 0. The molecule has 5 rings (SSSR count). The molecular formula is C36H36N2O7. The minimum absolute atomic E-state index is 0.134. The largest absolute Gasteiger partial charge is 0.488 e. The summed E-state index contributed by atoms with van der Waals surface area (Å²) in [5.41, 5.74) is 5.55. The Kier molecular flexibility index (Phi) is 9.57. The number of nitrogens with one attached hydrogen (secondary N) is 1. The molecule has 1 aliphatic heterocycles. The maximum absolute atomic E-state index is 11.8. The fraction of sp³-hybridized carbons (Fsp3) is 0.278. The Labute approximate surface area is 262 Å². The number of rotatable bonds is 12. The van der Waals surface area contributed by atoms with Crippen LogP contribution in [-0.4, -0.2) is 41.5 Å². The summed E-state index contributed by atoms with van der Waals surface area (Å²) < 4.78 is 24.0. The molecule has 232 valence electrons. The standard InChI is InChI=1S/C36H36N2O7/c1-23-14-29(19-38-36(3,22-39)35(40)41)33(44-20-26-7-4-6-25(15-26)18-37)17-32(23)45-21-28-8-5-9-30(24(28)2)27-10-11-31-34(16-27)43-13-12-42-31/h4-11,14-17,38-39H,12-13,19-22H2,1-3H3,(H,40,41)/t36-/m1/s1. The van der Waals surface area contributed by atoms with Gasteiger partial charge in [0.1, 0.15) is 43.5 Å². The zero-order chi connectivity index (χ0) is 32.0. The zero-order valence-electron chi connectivity index (χ0n) is 25.6. The first-order valence-electron chi connectivity index (χ1n) is 14.7. The predicted molar refractivity (Wildman–Crippen MR) is 169 cm³/mol. The molecule has 4 aromatic rings. The Hall–Kier alpha value is -5.04. The molecule has 0 radical (unpaired) electrons. The molecule has 0 aromatic heterocycles. The molecule has 4 aromatic carbocycles. The molecule has 0 bridgehead atoms. The number of hydrogen-bond acceptors (Lipinski definition) is 8. The number of ether oxygens (including phenoxy) is 4. The van der Waals surface area contributed by atoms with Gasteiger partial charge in [-0.2, -0.15) is 5.26 Å². The third kappa shape index (κ3) is 7.20. The van der Waals surface area contributed by atoms with Crippen LogP contribution in [0.15, 0.2) is 72.8 Å². The molecule has 1 heterocycles. The molecule has 45 heavy (non-hydrogen) atoms. The predicted octanol–water partition coefficient (Wildman–Crippen LogP) is 5.70. The number of hydrogen-bond donors (Lipinski definition) is 3. The minimum atomic E-state index is -1.53. The maximum atomic E-state index is 11.8. The number of nitriles is 1. The van der Waals surface area contributed by atoms with E-state index in [4.69, 9.17) is 18.9 Å². The van der Waals surface area contributed by atoms with Crippen molar-refractivity contribution in [3.8, 4) is 40.2 Å². The van der Waals surface area contributed by atoms with Crippen LogP contribution in [0.3, 0.4) is 0 Å². The average Bonchev–Trinajstić information content (AvgIpc) is 3.06. The van der Waals surface area contributed by atoms with Gasteiger partial charge in [-0.05, 0) is 84.5 Å². The Bertz CT molecular complexity index is 1750. The summed E-state index contributed by atoms with van der Waals surface area (Å²) in [4.78, 5) is 11.8. The Morgan fingerprint density at radius 2 is 1.69 bits per heavy atom. The number of benzene rings is 4. The van der Waals surface area contributed by atoms with E-state index in [2.05, 4.69) is 24.4 Å². The number of nitrogens with zero attached hydrogens (tertiary/aromatic N) is 1. The third-order valence-electron chi connectivity index (χ3n) is 7.95. The smallest absolute Gasteiger partial charge is 0.326 e. The van der Waals surface area contributed by atoms with Crippen LogP contribution < -0.4 is 24.3 Å². The van der Waals surface area contributed by atoms with E-state index in [1.54, 1.807) is 24.3 Å². The SMILES string of the molecule is Cc1cc(CN[C@](C)(CO)C(=O)O)c(OCc2cccc(C#N)c2)cc1OCc1cccc(-c2ccc3c(c2)OCCO3)c1C. The van der Waals surface area contributed by atoms with Gasteiger partial charge in [0.25, 0.3) is 0 Å². The van der Waals surface area contributed by atoms with Gasteiger partial charge < -0.3 is 29.2 Å². The number of fused-ring (bicyclic) bond motifs is 1. The van der Waals surface area contributed by atoms with E-state index in [1.165, 1.54) is 6.92 Å². The Morgan fingerprint density at radius 3 is 2.44 bits per heavy atom. The number of aliphatic hydroxyl groups is 1. The lowest BCUT2D eigenvalue weighted by molar-refractivity contribution is -0.145. The molecule has 0 aliphatic carbocycles. The summed E-state index contributed by atoms with van der Waals surface area (Å²) in [7, 11) is 0. The van der Waals surface area contributed by atoms with Crippen LogP contribution in [0.2, 0.25) is 0 Å². The summed E-state index contributed by atoms with van der Waals surface area (Å²) in [5, 5.41) is 31.5. The monoisotopic (exact) mass is 608 g/mol. The van der Waals surface area contributed by atoms with Gasteiger partial charge in [0.05, 0.1) is 18.2 Å². The second-order valence-corrected chi connectivity index (χ2v) is 11.2. The van der Waals surface area contributed by atoms with Crippen LogP contribution in [0, 0.1) is 25.2 Å². The highest BCUT2D eigenvalue weighted by atomic mass is 16.6. The van der Waals surface area contributed by atoms with Gasteiger partial charge in [0.15, 0.2) is 11.5 Å². The molecular weight excluding hydrogens is 572 g/mol. The van der Waals surface area contributed by atoms with Gasteiger partial charge in [-0.1, -0.05) is 36.4 Å². The lowest BCUT2D eigenvalue weighted by Crippen LogP contribution is -2.52. The van der Waals surface area contributed by atoms with Crippen LogP contribution in [0.25, 0.3) is 11.1 Å². The number of aryl methyl sites for hydroxylation is 1. The van der Waals surface area contributed by atoms with Gasteiger partial charge in [-0.3, -0.25) is 10.1 Å².